The van der Waals surface area contributed by atoms with Crippen LogP contribution in [0.3, 0.4) is 0 Å². The first-order valence-corrected chi connectivity index (χ1v) is 11.0. The molecule has 0 bridgehead atoms. The molecule has 2 N–H and O–H groups in total. The Morgan fingerprint density at radius 1 is 1.33 bits per heavy atom. The van der Waals surface area contributed by atoms with Gasteiger partial charge in [0.15, 0.2) is 0 Å². The summed E-state index contributed by atoms with van der Waals surface area (Å²) in [5, 5.41) is 10.1. The maximum absolute atomic E-state index is 10.3. The quantitative estimate of drug-likeness (QED) is 0.611. The van der Waals surface area contributed by atoms with Crippen molar-refractivity contribution in [3.05, 3.63) is 0 Å². The van der Waals surface area contributed by atoms with Gasteiger partial charge in [-0.3, -0.25) is 0 Å². The fourth-order valence-corrected chi connectivity index (χ4v) is 4.69. The van der Waals surface area contributed by atoms with E-state index in [1.165, 1.54) is 7.11 Å². The van der Waals surface area contributed by atoms with Crippen molar-refractivity contribution in [3.63, 3.8) is 0 Å². The van der Waals surface area contributed by atoms with E-state index < -0.39 is 25.0 Å². The Morgan fingerprint density at radius 2 is 2.04 bits per heavy atom. The van der Waals surface area contributed by atoms with Crippen LogP contribution in [0.15, 0.2) is 0 Å². The lowest BCUT2D eigenvalue weighted by Gasteiger charge is -2.26. The van der Waals surface area contributed by atoms with Crippen LogP contribution in [0.5, 0.6) is 0 Å². The summed E-state index contributed by atoms with van der Waals surface area (Å²) < 4.78 is 27.5. The van der Waals surface area contributed by atoms with E-state index in [2.05, 4.69) is 13.8 Å². The first-order chi connectivity index (χ1) is 11.2. The zero-order valence-electron chi connectivity index (χ0n) is 14.7. The molecule has 7 nitrogen and oxygen atoms in total. The third-order valence-corrected chi connectivity index (χ3v) is 5.95. The summed E-state index contributed by atoms with van der Waals surface area (Å²) in [7, 11) is 1.52. The number of aliphatic hydroxyl groups is 1. The monoisotopic (exact) mass is 384 g/mol. The Labute approximate surface area is 148 Å². The van der Waals surface area contributed by atoms with E-state index in [0.717, 1.165) is 6.42 Å². The van der Waals surface area contributed by atoms with Gasteiger partial charge in [0.25, 0.3) is 0 Å². The molecule has 0 spiro atoms. The Bertz CT molecular complexity index is 450. The summed E-state index contributed by atoms with van der Waals surface area (Å²) in [5.74, 6) is 0.464. The van der Waals surface area contributed by atoms with Gasteiger partial charge in [-0.15, -0.1) is 0 Å². The summed E-state index contributed by atoms with van der Waals surface area (Å²) >= 11 is 5.11. The Hall–Kier alpha value is 0.370. The lowest BCUT2D eigenvalue weighted by molar-refractivity contribution is -0.0205. The van der Waals surface area contributed by atoms with Crippen LogP contribution >= 0.6 is 6.72 Å². The van der Waals surface area contributed by atoms with E-state index in [1.54, 1.807) is 0 Å². The smallest absolute Gasteiger partial charge is 0.324 e. The minimum atomic E-state index is -3.43. The third kappa shape index (κ3) is 5.43. The molecule has 0 radical (unpaired) electrons. The summed E-state index contributed by atoms with van der Waals surface area (Å²) in [6, 6.07) is 0. The Kier molecular flexibility index (Phi) is 7.62. The van der Waals surface area contributed by atoms with Crippen molar-refractivity contribution in [1.29, 1.82) is 0 Å². The minimum absolute atomic E-state index is 0.0401. The number of rotatable bonds is 8. The predicted octanol–water partition coefficient (Wildman–Crippen LogP) is 1.60. The molecule has 142 valence electrons. The lowest BCUT2D eigenvalue weighted by atomic mass is 10.0. The molecule has 0 amide bonds. The van der Waals surface area contributed by atoms with Crippen molar-refractivity contribution in [2.24, 2.45) is 5.92 Å². The van der Waals surface area contributed by atoms with E-state index >= 15 is 0 Å². The molecule has 0 aromatic heterocycles. The van der Waals surface area contributed by atoms with Crippen LogP contribution in [0, 0.1) is 5.92 Å². The topological polar surface area (TPSA) is 86.6 Å². The second-order valence-corrected chi connectivity index (χ2v) is 9.60. The molecular formula is C15H29O7PS. The molecule has 24 heavy (non-hydrogen) atoms. The minimum Gasteiger partial charge on any atom is -0.387 e. The first-order valence-electron chi connectivity index (χ1n) is 8.37. The standard InChI is InChI=1S/C15H29O7PS/c1-9(2)7-12-11(5-6-19-12)22-23(17,24)20-8-13-14(16)15(18-4)10(3)21-13/h9-16H,5-8H2,1-4H3,(H,17,24)/t10-,11+,12+,13+,14-,15?,23?/m0/s1. The number of ether oxygens (including phenoxy) is 3. The zero-order chi connectivity index (χ0) is 17.9. The van der Waals surface area contributed by atoms with Crippen LogP contribution in [-0.2, 0) is 35.1 Å². The van der Waals surface area contributed by atoms with E-state index in [-0.39, 0.29) is 24.9 Å². The zero-order valence-corrected chi connectivity index (χ0v) is 16.4. The molecule has 2 rings (SSSR count). The van der Waals surface area contributed by atoms with Gasteiger partial charge in [0.1, 0.15) is 18.3 Å². The van der Waals surface area contributed by atoms with Gasteiger partial charge in [-0.05, 0) is 31.1 Å². The van der Waals surface area contributed by atoms with Crippen LogP contribution in [0.1, 0.15) is 33.6 Å². The molecule has 2 unspecified atom stereocenters. The highest BCUT2D eigenvalue weighted by Gasteiger charge is 2.43. The van der Waals surface area contributed by atoms with Crippen LogP contribution in [-0.4, -0.2) is 66.9 Å². The fourth-order valence-electron chi connectivity index (χ4n) is 3.19. The molecule has 7 atom stereocenters. The molecule has 0 saturated carbocycles. The maximum Gasteiger partial charge on any atom is 0.324 e. The summed E-state index contributed by atoms with van der Waals surface area (Å²) in [4.78, 5) is 10.3. The van der Waals surface area contributed by atoms with Crippen molar-refractivity contribution in [3.8, 4) is 0 Å². The van der Waals surface area contributed by atoms with Crippen molar-refractivity contribution in [2.45, 2.75) is 70.2 Å². The Morgan fingerprint density at radius 3 is 2.62 bits per heavy atom. The maximum atomic E-state index is 10.3. The van der Waals surface area contributed by atoms with Crippen molar-refractivity contribution in [1.82, 2.24) is 0 Å². The first kappa shape index (κ1) is 20.7. The Balaban J connectivity index is 1.84. The average molecular weight is 384 g/mol. The molecule has 9 heteroatoms. The van der Waals surface area contributed by atoms with Gasteiger partial charge in [-0.1, -0.05) is 13.8 Å². The normalized spacial score (nSPS) is 39.5. The largest absolute Gasteiger partial charge is 0.387 e. The van der Waals surface area contributed by atoms with Crippen LogP contribution in [0.25, 0.3) is 0 Å². The summed E-state index contributed by atoms with van der Waals surface area (Å²) in [6.45, 7) is 3.15. The molecule has 0 aliphatic carbocycles. The van der Waals surface area contributed by atoms with E-state index in [1.807, 2.05) is 6.92 Å². The average Bonchev–Trinajstić information content (AvgIpc) is 3.00. The number of methoxy groups -OCH3 is 1. The molecule has 0 aromatic rings. The highest BCUT2D eigenvalue weighted by atomic mass is 32.5. The molecule has 2 aliphatic heterocycles. The van der Waals surface area contributed by atoms with Gasteiger partial charge in [0.05, 0.1) is 24.9 Å². The molecule has 2 heterocycles. The third-order valence-electron chi connectivity index (χ3n) is 4.37. The number of hydrogen-bond acceptors (Lipinski definition) is 7. The summed E-state index contributed by atoms with van der Waals surface area (Å²) in [6.07, 6.45) is -0.914. The summed E-state index contributed by atoms with van der Waals surface area (Å²) in [5.41, 5.74) is 0. The van der Waals surface area contributed by atoms with Gasteiger partial charge in [0, 0.05) is 20.1 Å². The molecule has 0 aromatic carbocycles. The van der Waals surface area contributed by atoms with E-state index in [0.29, 0.717) is 18.9 Å². The molecule has 2 saturated heterocycles. The molecular weight excluding hydrogens is 355 g/mol. The highest BCUT2D eigenvalue weighted by Crippen LogP contribution is 2.48. The van der Waals surface area contributed by atoms with Gasteiger partial charge in [-0.25, -0.2) is 0 Å². The van der Waals surface area contributed by atoms with Crippen LogP contribution < -0.4 is 0 Å². The number of aliphatic hydroxyl groups excluding tert-OH is 1. The van der Waals surface area contributed by atoms with Crippen molar-refractivity contribution >= 4 is 18.5 Å². The van der Waals surface area contributed by atoms with E-state index in [4.69, 9.17) is 35.1 Å². The van der Waals surface area contributed by atoms with Gasteiger partial charge in [0.2, 0.25) is 0 Å². The van der Waals surface area contributed by atoms with Gasteiger partial charge < -0.3 is 33.3 Å². The van der Waals surface area contributed by atoms with Crippen molar-refractivity contribution in [2.75, 3.05) is 20.3 Å². The van der Waals surface area contributed by atoms with Crippen molar-refractivity contribution < 1.29 is 33.3 Å². The van der Waals surface area contributed by atoms with Gasteiger partial charge in [-0.2, -0.15) is 0 Å². The van der Waals surface area contributed by atoms with Gasteiger partial charge >= 0.3 is 6.72 Å². The lowest BCUT2D eigenvalue weighted by Crippen LogP contribution is -2.35. The predicted molar refractivity (Wildman–Crippen MR) is 92.3 cm³/mol. The fraction of sp³-hybridized carbons (Fsp3) is 1.00. The molecule has 2 aliphatic rings. The van der Waals surface area contributed by atoms with Crippen LogP contribution in [0.2, 0.25) is 0 Å². The second kappa shape index (κ2) is 8.84. The highest BCUT2D eigenvalue weighted by molar-refractivity contribution is 8.07. The number of hydrogen-bond donors (Lipinski definition) is 2. The van der Waals surface area contributed by atoms with Crippen LogP contribution in [0.4, 0.5) is 0 Å². The SMILES string of the molecule is COC1[C@H](C)O[C@H](COP(O)(=S)O[C@@H]2CCO[C@@H]2CC(C)C)[C@@H]1O. The van der Waals surface area contributed by atoms with E-state index in [9.17, 15) is 10.00 Å². The molecule has 2 fully saturated rings. The second-order valence-electron chi connectivity index (χ2n) is 6.81.